The number of hydrogen-bond donors (Lipinski definition) is 2. The van der Waals surface area contributed by atoms with E-state index >= 15 is 0 Å². The van der Waals surface area contributed by atoms with Crippen LogP contribution < -0.4 is 20.3 Å². The van der Waals surface area contributed by atoms with Crippen LogP contribution in [-0.4, -0.2) is 84.7 Å². The van der Waals surface area contributed by atoms with Crippen LogP contribution in [-0.2, 0) is 10.9 Å². The molecule has 14 nitrogen and oxygen atoms in total. The molecule has 2 N–H and O–H groups in total. The summed E-state index contributed by atoms with van der Waals surface area (Å²) in [6.45, 7) is -1.46. The number of nitrogens with zero attached hydrogens (tertiary/aromatic N) is 9. The van der Waals surface area contributed by atoms with Crippen molar-refractivity contribution >= 4 is 17.8 Å². The number of hydrogen-bond acceptors (Lipinski definition) is 11. The van der Waals surface area contributed by atoms with E-state index in [1.165, 1.54) is 19.5 Å². The van der Waals surface area contributed by atoms with E-state index in [9.17, 15) is 26.7 Å². The van der Waals surface area contributed by atoms with Gasteiger partial charge in [0.1, 0.15) is 17.0 Å². The summed E-state index contributed by atoms with van der Waals surface area (Å²) in [5.41, 5.74) is -1.07. The van der Waals surface area contributed by atoms with Crippen LogP contribution in [0.1, 0.15) is 37.8 Å². The molecule has 1 aliphatic carbocycles. The standard InChI is InChI=1S/C29H30F5N11O3/c1-47-27-38-9-17(10-39-27)22-12-36-23(13-35-22)45(28(46)40-8-16-14-48-15-16)19-4-2-18(3-5-19)41-26-37-11-20(29(32,33)34)24(42-26)21-6-7-44(43-21)25(30)31/h6-7,9-13,16,18-19,25H,2-5,8,14-15H2,1H3,(H,40,46)(H,37,41,42)/t18-,19-. The van der Waals surface area contributed by atoms with Gasteiger partial charge in [-0.2, -0.15) is 27.1 Å². The third-order valence-electron chi connectivity index (χ3n) is 8.00. The lowest BCUT2D eigenvalue weighted by atomic mass is 9.90. The highest BCUT2D eigenvalue weighted by molar-refractivity contribution is 5.91. The fourth-order valence-corrected chi connectivity index (χ4v) is 5.41. The van der Waals surface area contributed by atoms with Crippen LogP contribution in [0.15, 0.2) is 43.2 Å². The lowest BCUT2D eigenvalue weighted by molar-refractivity contribution is -0.137. The molecule has 5 heterocycles. The molecular weight excluding hydrogens is 645 g/mol. The molecule has 1 saturated carbocycles. The van der Waals surface area contributed by atoms with Crippen molar-refractivity contribution in [3.05, 3.63) is 48.8 Å². The van der Waals surface area contributed by atoms with Gasteiger partial charge in [0.15, 0.2) is 5.82 Å². The number of ether oxygens (including phenoxy) is 2. The summed E-state index contributed by atoms with van der Waals surface area (Å²) in [5.74, 6) is 0.456. The van der Waals surface area contributed by atoms with Crippen molar-refractivity contribution < 1.29 is 36.2 Å². The van der Waals surface area contributed by atoms with E-state index in [1.54, 1.807) is 17.3 Å². The summed E-state index contributed by atoms with van der Waals surface area (Å²) in [6, 6.07) is 0.390. The van der Waals surface area contributed by atoms with Gasteiger partial charge in [-0.05, 0) is 31.7 Å². The summed E-state index contributed by atoms with van der Waals surface area (Å²) >= 11 is 0. The van der Waals surface area contributed by atoms with E-state index in [1.807, 2.05) is 0 Å². The third-order valence-corrected chi connectivity index (χ3v) is 8.00. The van der Waals surface area contributed by atoms with Crippen molar-refractivity contribution in [1.29, 1.82) is 0 Å². The van der Waals surface area contributed by atoms with Gasteiger partial charge < -0.3 is 20.1 Å². The first-order valence-corrected chi connectivity index (χ1v) is 15.0. The Morgan fingerprint density at radius 3 is 2.35 bits per heavy atom. The highest BCUT2D eigenvalue weighted by Crippen LogP contribution is 2.36. The summed E-state index contributed by atoms with van der Waals surface area (Å²) in [7, 11) is 1.46. The molecule has 0 spiro atoms. The molecule has 4 aromatic rings. The average molecular weight is 676 g/mol. The fourth-order valence-electron chi connectivity index (χ4n) is 5.41. The Hall–Kier alpha value is -5.07. The van der Waals surface area contributed by atoms with E-state index in [-0.39, 0.29) is 46.4 Å². The molecule has 0 bridgehead atoms. The number of anilines is 2. The van der Waals surface area contributed by atoms with Crippen molar-refractivity contribution in [2.75, 3.05) is 37.1 Å². The Morgan fingerprint density at radius 1 is 1.02 bits per heavy atom. The van der Waals surface area contributed by atoms with Crippen molar-refractivity contribution in [3.8, 4) is 28.7 Å². The molecule has 1 aliphatic heterocycles. The molecule has 2 fully saturated rings. The highest BCUT2D eigenvalue weighted by atomic mass is 19.4. The molecule has 2 amide bonds. The Kier molecular flexibility index (Phi) is 9.56. The smallest absolute Gasteiger partial charge is 0.420 e. The van der Waals surface area contributed by atoms with Gasteiger partial charge in [0.2, 0.25) is 5.95 Å². The molecule has 0 atom stereocenters. The first kappa shape index (κ1) is 32.9. The largest absolute Gasteiger partial charge is 0.467 e. The minimum Gasteiger partial charge on any atom is -0.467 e. The van der Waals surface area contributed by atoms with Crippen molar-refractivity contribution in [3.63, 3.8) is 0 Å². The Labute approximate surface area is 270 Å². The predicted octanol–water partition coefficient (Wildman–Crippen LogP) is 4.60. The van der Waals surface area contributed by atoms with E-state index in [2.05, 4.69) is 45.6 Å². The van der Waals surface area contributed by atoms with E-state index < -0.39 is 24.0 Å². The van der Waals surface area contributed by atoms with E-state index in [0.29, 0.717) is 68.7 Å². The minimum absolute atomic E-state index is 0.102. The monoisotopic (exact) mass is 675 g/mol. The Balaban J connectivity index is 1.16. The molecule has 2 aliphatic rings. The van der Waals surface area contributed by atoms with Crippen LogP contribution in [0.2, 0.25) is 0 Å². The second-order valence-corrected chi connectivity index (χ2v) is 11.2. The zero-order valence-electron chi connectivity index (χ0n) is 25.4. The van der Waals surface area contributed by atoms with Crippen molar-refractivity contribution in [1.82, 2.24) is 45.0 Å². The molecule has 1 saturated heterocycles. The minimum atomic E-state index is -4.83. The Bertz CT molecular complexity index is 1690. The fraction of sp³-hybridized carbons (Fsp3) is 0.448. The van der Waals surface area contributed by atoms with Crippen LogP contribution in [0.25, 0.3) is 22.6 Å². The molecule has 0 unspecified atom stereocenters. The van der Waals surface area contributed by atoms with Gasteiger partial charge >= 0.3 is 24.8 Å². The number of carbonyl (C=O) groups excluding carboxylic acids is 1. The lowest BCUT2D eigenvalue weighted by Gasteiger charge is -2.37. The van der Waals surface area contributed by atoms with Crippen LogP contribution in [0.4, 0.5) is 38.5 Å². The molecule has 4 aromatic heterocycles. The summed E-state index contributed by atoms with van der Waals surface area (Å²) in [4.78, 5) is 40.1. The molecule has 254 valence electrons. The van der Waals surface area contributed by atoms with Gasteiger partial charge in [0.05, 0.1) is 38.4 Å². The average Bonchev–Trinajstić information content (AvgIpc) is 3.56. The van der Waals surface area contributed by atoms with E-state index in [0.717, 1.165) is 12.3 Å². The SMILES string of the molecule is COc1ncc(-c2cnc(N(C(=O)NCC3COC3)[C@H]3CC[C@H](Nc4ncc(C(F)(F)F)c(-c5ccn(C(F)F)n5)n4)CC3)cn2)cn1. The highest BCUT2D eigenvalue weighted by Gasteiger charge is 2.37. The van der Waals surface area contributed by atoms with Crippen LogP contribution in [0.5, 0.6) is 6.01 Å². The number of urea groups is 1. The van der Waals surface area contributed by atoms with Crippen molar-refractivity contribution in [2.45, 2.75) is 50.5 Å². The maximum Gasteiger partial charge on any atom is 0.420 e. The molecule has 0 aromatic carbocycles. The number of amides is 2. The number of aromatic nitrogens is 8. The first-order chi connectivity index (χ1) is 23.1. The number of alkyl halides is 5. The van der Waals surface area contributed by atoms with Gasteiger partial charge in [0, 0.05) is 54.9 Å². The third kappa shape index (κ3) is 7.40. The van der Waals surface area contributed by atoms with Gasteiger partial charge in [-0.15, -0.1) is 0 Å². The zero-order chi connectivity index (χ0) is 33.8. The maximum absolute atomic E-state index is 13.7. The van der Waals surface area contributed by atoms with Crippen LogP contribution in [0, 0.1) is 5.92 Å². The Morgan fingerprint density at radius 2 is 1.77 bits per heavy atom. The second-order valence-electron chi connectivity index (χ2n) is 11.2. The van der Waals surface area contributed by atoms with Crippen LogP contribution in [0.3, 0.4) is 0 Å². The number of rotatable bonds is 10. The maximum atomic E-state index is 13.7. The quantitative estimate of drug-likeness (QED) is 0.227. The van der Waals surface area contributed by atoms with E-state index in [4.69, 9.17) is 9.47 Å². The predicted molar refractivity (Wildman–Crippen MR) is 159 cm³/mol. The zero-order valence-corrected chi connectivity index (χ0v) is 25.4. The van der Waals surface area contributed by atoms with Gasteiger partial charge in [-0.25, -0.2) is 34.4 Å². The summed E-state index contributed by atoms with van der Waals surface area (Å²) in [5, 5.41) is 9.58. The topological polar surface area (TPSA) is 158 Å². The number of methoxy groups -OCH3 is 1. The molecular formula is C29H30F5N11O3. The van der Waals surface area contributed by atoms with Gasteiger partial charge in [-0.1, -0.05) is 0 Å². The number of carbonyl (C=O) groups is 1. The molecule has 6 rings (SSSR count). The van der Waals surface area contributed by atoms with Crippen LogP contribution >= 0.6 is 0 Å². The second kappa shape index (κ2) is 14.0. The molecule has 19 heteroatoms. The number of nitrogens with one attached hydrogen (secondary N) is 2. The molecule has 0 radical (unpaired) electrons. The normalized spacial score (nSPS) is 18.3. The van der Waals surface area contributed by atoms with Crippen molar-refractivity contribution in [2.24, 2.45) is 5.92 Å². The summed E-state index contributed by atoms with van der Waals surface area (Å²) < 4.78 is 77.8. The van der Waals surface area contributed by atoms with Gasteiger partial charge in [-0.3, -0.25) is 9.88 Å². The lowest BCUT2D eigenvalue weighted by Crippen LogP contribution is -2.51. The first-order valence-electron chi connectivity index (χ1n) is 15.0. The summed E-state index contributed by atoms with van der Waals surface area (Å²) in [6.07, 6.45) is 4.84. The number of halogens is 5. The molecule has 48 heavy (non-hydrogen) atoms. The van der Waals surface area contributed by atoms with Gasteiger partial charge in [0.25, 0.3) is 0 Å².